The summed E-state index contributed by atoms with van der Waals surface area (Å²) in [5.41, 5.74) is 6.94. The van der Waals surface area contributed by atoms with Crippen molar-refractivity contribution in [3.8, 4) is 11.5 Å². The standard InChI is InChI=1S/C11H14BrNO2/c1-15-10-7(6-11(13)4-5-11)2-3-8(12)9(10)14/h2-3,14H,4-6,13H2,1H3. The third-order valence-corrected chi connectivity index (χ3v) is 3.44. The second-order valence-electron chi connectivity index (χ2n) is 4.13. The molecule has 3 nitrogen and oxygen atoms in total. The van der Waals surface area contributed by atoms with E-state index in [2.05, 4.69) is 15.9 Å². The second kappa shape index (κ2) is 3.68. The van der Waals surface area contributed by atoms with Crippen LogP contribution in [0.2, 0.25) is 0 Å². The van der Waals surface area contributed by atoms with Crippen LogP contribution in [0.15, 0.2) is 16.6 Å². The molecule has 0 aromatic heterocycles. The van der Waals surface area contributed by atoms with Crippen LogP contribution in [0.1, 0.15) is 18.4 Å². The van der Waals surface area contributed by atoms with Gasteiger partial charge in [-0.25, -0.2) is 0 Å². The number of methoxy groups -OCH3 is 1. The van der Waals surface area contributed by atoms with Gasteiger partial charge in [-0.05, 0) is 46.8 Å². The number of nitrogens with two attached hydrogens (primary N) is 1. The zero-order valence-corrected chi connectivity index (χ0v) is 10.2. The second-order valence-corrected chi connectivity index (χ2v) is 4.98. The molecule has 0 unspecified atom stereocenters. The van der Waals surface area contributed by atoms with Gasteiger partial charge in [0.15, 0.2) is 11.5 Å². The van der Waals surface area contributed by atoms with E-state index in [1.165, 1.54) is 0 Å². The number of rotatable bonds is 3. The predicted molar refractivity (Wildman–Crippen MR) is 62.2 cm³/mol. The Balaban J connectivity index is 2.34. The SMILES string of the molecule is COc1c(CC2(N)CC2)ccc(Br)c1O. The highest BCUT2D eigenvalue weighted by Crippen LogP contribution is 2.42. The first-order valence-electron chi connectivity index (χ1n) is 4.89. The van der Waals surface area contributed by atoms with Crippen molar-refractivity contribution in [3.63, 3.8) is 0 Å². The molecule has 1 aliphatic rings. The van der Waals surface area contributed by atoms with E-state index < -0.39 is 0 Å². The fourth-order valence-electron chi connectivity index (χ4n) is 1.67. The molecule has 82 valence electrons. The Hall–Kier alpha value is -0.740. The molecule has 1 fully saturated rings. The van der Waals surface area contributed by atoms with Gasteiger partial charge in [-0.2, -0.15) is 0 Å². The molecule has 3 N–H and O–H groups in total. The normalized spacial score (nSPS) is 17.5. The molecule has 0 amide bonds. The first-order valence-corrected chi connectivity index (χ1v) is 5.68. The van der Waals surface area contributed by atoms with Gasteiger partial charge in [0.2, 0.25) is 0 Å². The van der Waals surface area contributed by atoms with Gasteiger partial charge in [-0.15, -0.1) is 0 Å². The first-order chi connectivity index (χ1) is 7.06. The van der Waals surface area contributed by atoms with Crippen molar-refractivity contribution < 1.29 is 9.84 Å². The molecule has 0 radical (unpaired) electrons. The van der Waals surface area contributed by atoms with Gasteiger partial charge in [0.25, 0.3) is 0 Å². The lowest BCUT2D eigenvalue weighted by Gasteiger charge is -2.14. The Kier molecular flexibility index (Phi) is 2.64. The Morgan fingerprint density at radius 2 is 2.20 bits per heavy atom. The summed E-state index contributed by atoms with van der Waals surface area (Å²) in [7, 11) is 1.56. The Morgan fingerprint density at radius 3 is 2.73 bits per heavy atom. The summed E-state index contributed by atoms with van der Waals surface area (Å²) < 4.78 is 5.84. The highest BCUT2D eigenvalue weighted by atomic mass is 79.9. The molecular formula is C11H14BrNO2. The summed E-state index contributed by atoms with van der Waals surface area (Å²) in [5.74, 6) is 0.681. The van der Waals surface area contributed by atoms with E-state index in [9.17, 15) is 5.11 Å². The Bertz CT molecular complexity index is 388. The van der Waals surface area contributed by atoms with E-state index in [-0.39, 0.29) is 11.3 Å². The third kappa shape index (κ3) is 2.11. The zero-order chi connectivity index (χ0) is 11.1. The molecule has 0 aliphatic heterocycles. The molecule has 15 heavy (non-hydrogen) atoms. The maximum Gasteiger partial charge on any atom is 0.172 e. The van der Waals surface area contributed by atoms with Crippen molar-refractivity contribution in [2.24, 2.45) is 5.73 Å². The molecule has 1 aromatic rings. The van der Waals surface area contributed by atoms with E-state index in [4.69, 9.17) is 10.5 Å². The number of benzene rings is 1. The van der Waals surface area contributed by atoms with Gasteiger partial charge >= 0.3 is 0 Å². The minimum Gasteiger partial charge on any atom is -0.503 e. The number of hydrogen-bond acceptors (Lipinski definition) is 3. The molecular weight excluding hydrogens is 258 g/mol. The molecule has 0 atom stereocenters. The van der Waals surface area contributed by atoms with Crippen molar-refractivity contribution in [2.45, 2.75) is 24.8 Å². The molecule has 4 heteroatoms. The van der Waals surface area contributed by atoms with Crippen molar-refractivity contribution >= 4 is 15.9 Å². The Morgan fingerprint density at radius 1 is 1.53 bits per heavy atom. The van der Waals surface area contributed by atoms with Crippen LogP contribution in [0.25, 0.3) is 0 Å². The molecule has 0 bridgehead atoms. The number of ether oxygens (including phenoxy) is 1. The number of phenols is 1. The van der Waals surface area contributed by atoms with Crippen molar-refractivity contribution in [1.82, 2.24) is 0 Å². The van der Waals surface area contributed by atoms with Gasteiger partial charge in [0.05, 0.1) is 11.6 Å². The van der Waals surface area contributed by atoms with Crippen LogP contribution in [0.5, 0.6) is 11.5 Å². The van der Waals surface area contributed by atoms with Crippen molar-refractivity contribution in [3.05, 3.63) is 22.2 Å². The first kappa shape index (κ1) is 10.8. The average Bonchev–Trinajstić information content (AvgIpc) is 2.91. The summed E-state index contributed by atoms with van der Waals surface area (Å²) in [5, 5.41) is 9.78. The smallest absolute Gasteiger partial charge is 0.172 e. The molecule has 1 saturated carbocycles. The fraction of sp³-hybridized carbons (Fsp3) is 0.455. The third-order valence-electron chi connectivity index (χ3n) is 2.80. The predicted octanol–water partition coefficient (Wildman–Crippen LogP) is 2.20. The molecule has 0 saturated heterocycles. The van der Waals surface area contributed by atoms with Crippen LogP contribution in [-0.2, 0) is 6.42 Å². The molecule has 1 aliphatic carbocycles. The van der Waals surface area contributed by atoms with E-state index >= 15 is 0 Å². The topological polar surface area (TPSA) is 55.5 Å². The summed E-state index contributed by atoms with van der Waals surface area (Å²) in [4.78, 5) is 0. The van der Waals surface area contributed by atoms with Crippen LogP contribution in [-0.4, -0.2) is 17.8 Å². The average molecular weight is 272 g/mol. The van der Waals surface area contributed by atoms with E-state index in [1.54, 1.807) is 7.11 Å². The quantitative estimate of drug-likeness (QED) is 0.886. The molecule has 2 rings (SSSR count). The van der Waals surface area contributed by atoms with E-state index in [1.807, 2.05) is 12.1 Å². The van der Waals surface area contributed by atoms with Crippen LogP contribution in [0.3, 0.4) is 0 Å². The van der Waals surface area contributed by atoms with Crippen LogP contribution >= 0.6 is 15.9 Å². The summed E-state index contributed by atoms with van der Waals surface area (Å²) in [6, 6.07) is 3.76. The Labute approximate surface area is 97.4 Å². The molecule has 0 heterocycles. The maximum absolute atomic E-state index is 9.78. The number of hydrogen-bond donors (Lipinski definition) is 2. The van der Waals surface area contributed by atoms with Crippen LogP contribution in [0, 0.1) is 0 Å². The van der Waals surface area contributed by atoms with E-state index in [0.717, 1.165) is 24.8 Å². The van der Waals surface area contributed by atoms with Crippen molar-refractivity contribution in [1.29, 1.82) is 0 Å². The van der Waals surface area contributed by atoms with Gasteiger partial charge in [-0.3, -0.25) is 0 Å². The lowest BCUT2D eigenvalue weighted by molar-refractivity contribution is 0.366. The highest BCUT2D eigenvalue weighted by molar-refractivity contribution is 9.10. The summed E-state index contributed by atoms with van der Waals surface area (Å²) in [6.07, 6.45) is 2.86. The summed E-state index contributed by atoms with van der Waals surface area (Å²) >= 11 is 3.26. The minimum absolute atomic E-state index is 0.0758. The number of halogens is 1. The number of aromatic hydroxyl groups is 1. The lowest BCUT2D eigenvalue weighted by atomic mass is 10.0. The molecule has 1 aromatic carbocycles. The highest BCUT2D eigenvalue weighted by Gasteiger charge is 2.39. The van der Waals surface area contributed by atoms with Crippen LogP contribution < -0.4 is 10.5 Å². The van der Waals surface area contributed by atoms with Gasteiger partial charge in [-0.1, -0.05) is 6.07 Å². The molecule has 0 spiro atoms. The summed E-state index contributed by atoms with van der Waals surface area (Å²) in [6.45, 7) is 0. The van der Waals surface area contributed by atoms with Gasteiger partial charge in [0, 0.05) is 5.54 Å². The largest absolute Gasteiger partial charge is 0.503 e. The maximum atomic E-state index is 9.78. The zero-order valence-electron chi connectivity index (χ0n) is 8.59. The van der Waals surface area contributed by atoms with Gasteiger partial charge < -0.3 is 15.6 Å². The van der Waals surface area contributed by atoms with E-state index in [0.29, 0.717) is 10.2 Å². The van der Waals surface area contributed by atoms with Gasteiger partial charge in [0.1, 0.15) is 0 Å². The minimum atomic E-state index is -0.0758. The lowest BCUT2D eigenvalue weighted by Crippen LogP contribution is -2.24. The monoisotopic (exact) mass is 271 g/mol. The fourth-order valence-corrected chi connectivity index (χ4v) is 1.98. The van der Waals surface area contributed by atoms with Crippen LogP contribution in [0.4, 0.5) is 0 Å². The van der Waals surface area contributed by atoms with Crippen molar-refractivity contribution in [2.75, 3.05) is 7.11 Å². The number of phenolic OH excluding ortho intramolecular Hbond substituents is 1.